The topological polar surface area (TPSA) is 67.8 Å². The van der Waals surface area contributed by atoms with Crippen molar-refractivity contribution in [3.63, 3.8) is 0 Å². The molecule has 1 saturated heterocycles. The van der Waals surface area contributed by atoms with Crippen LogP contribution < -0.4 is 5.32 Å². The summed E-state index contributed by atoms with van der Waals surface area (Å²) in [5, 5.41) is 12.2. The van der Waals surface area contributed by atoms with Gasteiger partial charge in [-0.15, -0.1) is 0 Å². The van der Waals surface area contributed by atoms with Gasteiger partial charge in [-0.2, -0.15) is 0 Å². The van der Waals surface area contributed by atoms with Gasteiger partial charge in [-0.05, 0) is 38.6 Å². The molecule has 0 saturated carbocycles. The molecule has 0 aliphatic carbocycles. The van der Waals surface area contributed by atoms with Crippen molar-refractivity contribution in [3.8, 4) is 0 Å². The Morgan fingerprint density at radius 1 is 1.50 bits per heavy atom. The summed E-state index contributed by atoms with van der Waals surface area (Å²) in [6.45, 7) is 7.08. The molecule has 1 fully saturated rings. The van der Waals surface area contributed by atoms with Crippen LogP contribution in [0.15, 0.2) is 0 Å². The van der Waals surface area contributed by atoms with E-state index in [2.05, 4.69) is 5.32 Å². The van der Waals surface area contributed by atoms with Crippen LogP contribution in [-0.2, 0) is 14.3 Å². The maximum Gasteiger partial charge on any atom is 0.323 e. The number of carboxylic acid groups (broad SMARTS) is 1. The molecule has 5 nitrogen and oxygen atoms in total. The maximum atomic E-state index is 11.2. The van der Waals surface area contributed by atoms with Crippen molar-refractivity contribution < 1.29 is 19.4 Å². The van der Waals surface area contributed by atoms with Gasteiger partial charge < -0.3 is 19.9 Å². The minimum atomic E-state index is -0.884. The smallest absolute Gasteiger partial charge is 0.323 e. The van der Waals surface area contributed by atoms with Crippen LogP contribution in [0, 0.1) is 5.92 Å². The molecule has 1 unspecified atom stereocenters. The van der Waals surface area contributed by atoms with Crippen LogP contribution in [-0.4, -0.2) is 49.6 Å². The van der Waals surface area contributed by atoms with Crippen molar-refractivity contribution in [2.24, 2.45) is 5.92 Å². The van der Waals surface area contributed by atoms with Crippen LogP contribution in [0.3, 0.4) is 0 Å². The highest BCUT2D eigenvalue weighted by molar-refractivity contribution is 5.78. The van der Waals surface area contributed by atoms with Gasteiger partial charge in [0.1, 0.15) is 5.54 Å². The van der Waals surface area contributed by atoms with Crippen LogP contribution >= 0.6 is 0 Å². The Balaban J connectivity index is 2.20. The van der Waals surface area contributed by atoms with E-state index < -0.39 is 11.5 Å². The number of aliphatic carboxylic acids is 1. The third kappa shape index (κ3) is 4.92. The number of likely N-dealkylation sites (N-methyl/N-ethyl adjacent to an activating group) is 1. The van der Waals surface area contributed by atoms with Gasteiger partial charge in [0.2, 0.25) is 0 Å². The van der Waals surface area contributed by atoms with Crippen molar-refractivity contribution in [2.75, 3.05) is 33.0 Å². The molecule has 1 aliphatic rings. The normalized spacial score (nSPS) is 20.6. The van der Waals surface area contributed by atoms with Crippen LogP contribution in [0.4, 0.5) is 0 Å². The number of hydrogen-bond acceptors (Lipinski definition) is 4. The molecule has 0 aromatic rings. The maximum absolute atomic E-state index is 11.2. The van der Waals surface area contributed by atoms with Gasteiger partial charge in [0.05, 0.1) is 0 Å². The first-order chi connectivity index (χ1) is 8.58. The Kier molecular flexibility index (Phi) is 6.60. The number of carboxylic acids is 1. The molecule has 0 spiro atoms. The molecule has 5 heteroatoms. The van der Waals surface area contributed by atoms with Crippen LogP contribution in [0.2, 0.25) is 0 Å². The van der Waals surface area contributed by atoms with E-state index in [1.165, 1.54) is 0 Å². The van der Waals surface area contributed by atoms with Crippen molar-refractivity contribution in [1.29, 1.82) is 0 Å². The molecule has 1 atom stereocenters. The SMILES string of the molecule is CCNC(C)(CCOCC1CCOCC1)C(=O)O. The lowest BCUT2D eigenvalue weighted by Gasteiger charge is -2.26. The Hall–Kier alpha value is -0.650. The zero-order valence-corrected chi connectivity index (χ0v) is 11.4. The number of nitrogens with one attached hydrogen (secondary N) is 1. The first-order valence-electron chi connectivity index (χ1n) is 6.72. The molecular weight excluding hydrogens is 234 g/mol. The summed E-state index contributed by atoms with van der Waals surface area (Å²) < 4.78 is 10.9. The van der Waals surface area contributed by atoms with E-state index in [4.69, 9.17) is 9.47 Å². The van der Waals surface area contributed by atoms with E-state index in [-0.39, 0.29) is 0 Å². The molecule has 0 aromatic heterocycles. The van der Waals surface area contributed by atoms with Crippen molar-refractivity contribution >= 4 is 5.97 Å². The molecule has 1 rings (SSSR count). The van der Waals surface area contributed by atoms with Crippen molar-refractivity contribution in [3.05, 3.63) is 0 Å². The fourth-order valence-electron chi connectivity index (χ4n) is 2.10. The molecule has 0 aromatic carbocycles. The molecule has 0 amide bonds. The molecule has 18 heavy (non-hydrogen) atoms. The summed E-state index contributed by atoms with van der Waals surface area (Å²) in [6, 6.07) is 0. The third-order valence-corrected chi connectivity index (χ3v) is 3.48. The quantitative estimate of drug-likeness (QED) is 0.643. The van der Waals surface area contributed by atoms with E-state index in [0.29, 0.717) is 32.1 Å². The van der Waals surface area contributed by atoms with Crippen molar-refractivity contribution in [2.45, 2.75) is 38.6 Å². The number of rotatable bonds is 8. The summed E-state index contributed by atoms with van der Waals surface area (Å²) in [7, 11) is 0. The average molecular weight is 259 g/mol. The number of hydrogen-bond donors (Lipinski definition) is 2. The Morgan fingerprint density at radius 3 is 2.72 bits per heavy atom. The second-order valence-corrected chi connectivity index (χ2v) is 5.05. The summed E-state index contributed by atoms with van der Waals surface area (Å²) in [6.07, 6.45) is 2.58. The van der Waals surface area contributed by atoms with Gasteiger partial charge in [0, 0.05) is 26.4 Å². The Bertz CT molecular complexity index is 253. The lowest BCUT2D eigenvalue weighted by molar-refractivity contribution is -0.145. The van der Waals surface area contributed by atoms with E-state index in [1.54, 1.807) is 6.92 Å². The second kappa shape index (κ2) is 7.71. The summed E-state index contributed by atoms with van der Waals surface area (Å²) >= 11 is 0. The Labute approximate surface area is 109 Å². The fourth-order valence-corrected chi connectivity index (χ4v) is 2.10. The monoisotopic (exact) mass is 259 g/mol. The predicted octanol–water partition coefficient (Wildman–Crippen LogP) is 1.27. The Morgan fingerprint density at radius 2 is 2.17 bits per heavy atom. The first-order valence-corrected chi connectivity index (χ1v) is 6.72. The van der Waals surface area contributed by atoms with Gasteiger partial charge in [0.15, 0.2) is 0 Å². The highest BCUT2D eigenvalue weighted by Gasteiger charge is 2.31. The standard InChI is InChI=1S/C13H25NO4/c1-3-14-13(2,12(15)16)6-9-18-10-11-4-7-17-8-5-11/h11,14H,3-10H2,1-2H3,(H,15,16). The van der Waals surface area contributed by atoms with Gasteiger partial charge in [-0.3, -0.25) is 4.79 Å². The molecule has 1 aliphatic heterocycles. The largest absolute Gasteiger partial charge is 0.480 e. The van der Waals surface area contributed by atoms with Crippen LogP contribution in [0.1, 0.15) is 33.1 Å². The highest BCUT2D eigenvalue weighted by atomic mass is 16.5. The molecule has 0 radical (unpaired) electrons. The van der Waals surface area contributed by atoms with Gasteiger partial charge in [0.25, 0.3) is 0 Å². The zero-order valence-electron chi connectivity index (χ0n) is 11.4. The summed E-state index contributed by atoms with van der Waals surface area (Å²) in [5.74, 6) is -0.256. The zero-order chi connectivity index (χ0) is 13.4. The van der Waals surface area contributed by atoms with Gasteiger partial charge >= 0.3 is 5.97 Å². The first kappa shape index (κ1) is 15.4. The molecule has 0 bridgehead atoms. The van der Waals surface area contributed by atoms with E-state index in [1.807, 2.05) is 6.92 Å². The predicted molar refractivity (Wildman–Crippen MR) is 68.7 cm³/mol. The summed E-state index contributed by atoms with van der Waals surface area (Å²) in [5.41, 5.74) is -0.884. The van der Waals surface area contributed by atoms with Crippen LogP contribution in [0.25, 0.3) is 0 Å². The fraction of sp³-hybridized carbons (Fsp3) is 0.923. The lowest BCUT2D eigenvalue weighted by Crippen LogP contribution is -2.50. The van der Waals surface area contributed by atoms with E-state index in [9.17, 15) is 9.90 Å². The van der Waals surface area contributed by atoms with E-state index in [0.717, 1.165) is 26.1 Å². The van der Waals surface area contributed by atoms with Gasteiger partial charge in [-0.25, -0.2) is 0 Å². The average Bonchev–Trinajstić information content (AvgIpc) is 2.36. The van der Waals surface area contributed by atoms with Crippen LogP contribution in [0.5, 0.6) is 0 Å². The molecular formula is C13H25NO4. The highest BCUT2D eigenvalue weighted by Crippen LogP contribution is 2.16. The summed E-state index contributed by atoms with van der Waals surface area (Å²) in [4.78, 5) is 11.2. The second-order valence-electron chi connectivity index (χ2n) is 5.05. The molecule has 2 N–H and O–H groups in total. The lowest BCUT2D eigenvalue weighted by atomic mass is 9.98. The number of ether oxygens (including phenoxy) is 2. The van der Waals surface area contributed by atoms with E-state index >= 15 is 0 Å². The minimum absolute atomic E-state index is 0.479. The molecule has 1 heterocycles. The number of carbonyl (C=O) groups is 1. The molecule has 106 valence electrons. The third-order valence-electron chi connectivity index (χ3n) is 3.48. The van der Waals surface area contributed by atoms with Crippen molar-refractivity contribution in [1.82, 2.24) is 5.32 Å². The van der Waals surface area contributed by atoms with Gasteiger partial charge in [-0.1, -0.05) is 6.92 Å². The minimum Gasteiger partial charge on any atom is -0.480 e.